The Morgan fingerprint density at radius 3 is 2.65 bits per heavy atom. The Hall–Kier alpha value is -1.76. The summed E-state index contributed by atoms with van der Waals surface area (Å²) in [5.74, 6) is -1.18. The van der Waals surface area contributed by atoms with Gasteiger partial charge in [-0.25, -0.2) is 0 Å². The van der Waals surface area contributed by atoms with E-state index in [9.17, 15) is 18.0 Å². The SMILES string of the molecule is CC(CCCO)NC(=O)c1ccccc1OC(F)(F)F. The summed E-state index contributed by atoms with van der Waals surface area (Å²) in [6.45, 7) is 1.70. The zero-order valence-corrected chi connectivity index (χ0v) is 10.9. The summed E-state index contributed by atoms with van der Waals surface area (Å²) in [5.41, 5.74) is -0.180. The maximum Gasteiger partial charge on any atom is 0.573 e. The molecule has 1 aromatic rings. The van der Waals surface area contributed by atoms with Crippen molar-refractivity contribution < 1.29 is 27.8 Å². The highest BCUT2D eigenvalue weighted by atomic mass is 19.4. The summed E-state index contributed by atoms with van der Waals surface area (Å²) < 4.78 is 40.5. The van der Waals surface area contributed by atoms with Crippen LogP contribution >= 0.6 is 0 Å². The van der Waals surface area contributed by atoms with Crippen molar-refractivity contribution in [2.45, 2.75) is 32.2 Å². The Morgan fingerprint density at radius 2 is 2.05 bits per heavy atom. The molecule has 1 rings (SSSR count). The Kier molecular flexibility index (Phi) is 5.82. The number of ether oxygens (including phenoxy) is 1. The van der Waals surface area contributed by atoms with Crippen LogP contribution in [0.5, 0.6) is 5.75 Å². The lowest BCUT2D eigenvalue weighted by Crippen LogP contribution is -2.33. The molecule has 7 heteroatoms. The van der Waals surface area contributed by atoms with Gasteiger partial charge in [-0.1, -0.05) is 12.1 Å². The Bertz CT molecular complexity index is 449. The summed E-state index contributed by atoms with van der Waals surface area (Å²) in [5, 5.41) is 11.2. The molecule has 2 N–H and O–H groups in total. The van der Waals surface area contributed by atoms with Gasteiger partial charge in [0.05, 0.1) is 5.56 Å². The van der Waals surface area contributed by atoms with Gasteiger partial charge in [0.15, 0.2) is 0 Å². The van der Waals surface area contributed by atoms with Crippen LogP contribution in [0.3, 0.4) is 0 Å². The van der Waals surface area contributed by atoms with Gasteiger partial charge in [-0.2, -0.15) is 0 Å². The molecule has 0 aliphatic carbocycles. The molecular formula is C13H16F3NO3. The van der Waals surface area contributed by atoms with Crippen LogP contribution in [0, 0.1) is 0 Å². The molecule has 0 heterocycles. The Morgan fingerprint density at radius 1 is 1.40 bits per heavy atom. The van der Waals surface area contributed by atoms with Crippen molar-refractivity contribution >= 4 is 5.91 Å². The molecule has 112 valence electrons. The normalized spacial score (nSPS) is 12.8. The summed E-state index contributed by atoms with van der Waals surface area (Å²) in [6, 6.07) is 4.90. The number of nitrogens with one attached hydrogen (secondary N) is 1. The fraction of sp³-hybridized carbons (Fsp3) is 0.462. The monoisotopic (exact) mass is 291 g/mol. The van der Waals surface area contributed by atoms with E-state index in [1.807, 2.05) is 0 Å². The number of carbonyl (C=O) groups excluding carboxylic acids is 1. The highest BCUT2D eigenvalue weighted by Crippen LogP contribution is 2.26. The zero-order valence-electron chi connectivity index (χ0n) is 10.9. The van der Waals surface area contributed by atoms with E-state index < -0.39 is 18.0 Å². The molecule has 0 radical (unpaired) electrons. The summed E-state index contributed by atoms with van der Waals surface area (Å²) >= 11 is 0. The van der Waals surface area contributed by atoms with Crippen LogP contribution in [0.2, 0.25) is 0 Å². The predicted molar refractivity (Wildman–Crippen MR) is 66.4 cm³/mol. The van der Waals surface area contributed by atoms with Gasteiger partial charge >= 0.3 is 6.36 Å². The van der Waals surface area contributed by atoms with Gasteiger partial charge < -0.3 is 15.2 Å². The van der Waals surface area contributed by atoms with E-state index in [4.69, 9.17) is 5.11 Å². The summed E-state index contributed by atoms with van der Waals surface area (Å²) in [7, 11) is 0. The number of hydrogen-bond acceptors (Lipinski definition) is 3. The number of halogens is 3. The van der Waals surface area contributed by atoms with E-state index in [0.29, 0.717) is 12.8 Å². The first-order valence-electron chi connectivity index (χ1n) is 6.10. The third-order valence-corrected chi connectivity index (χ3v) is 2.53. The second-order valence-corrected chi connectivity index (χ2v) is 4.28. The molecule has 1 aromatic carbocycles. The number of amides is 1. The topological polar surface area (TPSA) is 58.6 Å². The molecule has 1 unspecified atom stereocenters. The van der Waals surface area contributed by atoms with E-state index in [1.165, 1.54) is 18.2 Å². The van der Waals surface area contributed by atoms with Gasteiger partial charge in [0.25, 0.3) is 5.91 Å². The quantitative estimate of drug-likeness (QED) is 0.846. The molecule has 0 spiro atoms. The summed E-state index contributed by atoms with van der Waals surface area (Å²) in [6.07, 6.45) is -3.81. The van der Waals surface area contributed by atoms with Gasteiger partial charge in [0.2, 0.25) is 0 Å². The number of alkyl halides is 3. The fourth-order valence-corrected chi connectivity index (χ4v) is 1.64. The molecule has 1 amide bonds. The van der Waals surface area contributed by atoms with Gasteiger partial charge in [-0.15, -0.1) is 13.2 Å². The van der Waals surface area contributed by atoms with Crippen molar-refractivity contribution in [1.82, 2.24) is 5.32 Å². The minimum atomic E-state index is -4.85. The minimum absolute atomic E-state index is 0.00597. The minimum Gasteiger partial charge on any atom is -0.405 e. The molecule has 0 aromatic heterocycles. The van der Waals surface area contributed by atoms with Crippen molar-refractivity contribution in [3.05, 3.63) is 29.8 Å². The van der Waals surface area contributed by atoms with Crippen LogP contribution < -0.4 is 10.1 Å². The molecule has 20 heavy (non-hydrogen) atoms. The lowest BCUT2D eigenvalue weighted by Gasteiger charge is -2.16. The number of carbonyl (C=O) groups is 1. The molecule has 0 aliphatic rings. The average Bonchev–Trinajstić information content (AvgIpc) is 2.35. The predicted octanol–water partition coefficient (Wildman–Crippen LogP) is 2.48. The second-order valence-electron chi connectivity index (χ2n) is 4.28. The first-order chi connectivity index (χ1) is 9.33. The molecule has 0 bridgehead atoms. The van der Waals surface area contributed by atoms with Crippen LogP contribution in [0.1, 0.15) is 30.1 Å². The molecular weight excluding hydrogens is 275 g/mol. The first kappa shape index (κ1) is 16.3. The van der Waals surface area contributed by atoms with Crippen LogP contribution in [0.4, 0.5) is 13.2 Å². The van der Waals surface area contributed by atoms with E-state index in [2.05, 4.69) is 10.1 Å². The Labute approximate surface area is 114 Å². The molecule has 0 fully saturated rings. The Balaban J connectivity index is 2.77. The maximum absolute atomic E-state index is 12.2. The smallest absolute Gasteiger partial charge is 0.405 e. The van der Waals surface area contributed by atoms with Gasteiger partial charge in [0.1, 0.15) is 5.75 Å². The van der Waals surface area contributed by atoms with Crippen molar-refractivity contribution in [2.24, 2.45) is 0 Å². The first-order valence-corrected chi connectivity index (χ1v) is 6.10. The van der Waals surface area contributed by atoms with Gasteiger partial charge in [-0.05, 0) is 31.9 Å². The second kappa shape index (κ2) is 7.14. The van der Waals surface area contributed by atoms with E-state index in [1.54, 1.807) is 6.92 Å². The largest absolute Gasteiger partial charge is 0.573 e. The fourth-order valence-electron chi connectivity index (χ4n) is 1.64. The number of benzene rings is 1. The molecule has 0 saturated heterocycles. The number of aliphatic hydroxyl groups excluding tert-OH is 1. The van der Waals surface area contributed by atoms with Crippen molar-refractivity contribution in [1.29, 1.82) is 0 Å². The third-order valence-electron chi connectivity index (χ3n) is 2.53. The van der Waals surface area contributed by atoms with Crippen LogP contribution in [0.15, 0.2) is 24.3 Å². The van der Waals surface area contributed by atoms with Crippen molar-refractivity contribution in [3.63, 3.8) is 0 Å². The van der Waals surface area contributed by atoms with Crippen molar-refractivity contribution in [3.8, 4) is 5.75 Å². The number of hydrogen-bond donors (Lipinski definition) is 2. The van der Waals surface area contributed by atoms with E-state index >= 15 is 0 Å². The highest BCUT2D eigenvalue weighted by Gasteiger charge is 2.32. The summed E-state index contributed by atoms with van der Waals surface area (Å²) in [4.78, 5) is 11.9. The molecule has 4 nitrogen and oxygen atoms in total. The zero-order chi connectivity index (χ0) is 15.2. The van der Waals surface area contributed by atoms with Crippen LogP contribution in [-0.2, 0) is 0 Å². The third kappa shape index (κ3) is 5.48. The van der Waals surface area contributed by atoms with E-state index in [-0.39, 0.29) is 18.2 Å². The number of rotatable bonds is 6. The lowest BCUT2D eigenvalue weighted by molar-refractivity contribution is -0.274. The standard InChI is InChI=1S/C13H16F3NO3/c1-9(5-4-8-18)17-12(19)10-6-2-3-7-11(10)20-13(14,15)16/h2-3,6-7,9,18H,4-5,8H2,1H3,(H,17,19). The maximum atomic E-state index is 12.2. The molecule has 1 atom stereocenters. The molecule has 0 aliphatic heterocycles. The highest BCUT2D eigenvalue weighted by molar-refractivity contribution is 5.97. The number of para-hydroxylation sites is 1. The lowest BCUT2D eigenvalue weighted by atomic mass is 10.1. The molecule has 0 saturated carbocycles. The van der Waals surface area contributed by atoms with Crippen LogP contribution in [0.25, 0.3) is 0 Å². The van der Waals surface area contributed by atoms with Gasteiger partial charge in [0, 0.05) is 12.6 Å². The van der Waals surface area contributed by atoms with Gasteiger partial charge in [-0.3, -0.25) is 4.79 Å². The van der Waals surface area contributed by atoms with Crippen LogP contribution in [-0.4, -0.2) is 30.0 Å². The number of aliphatic hydroxyl groups is 1. The van der Waals surface area contributed by atoms with E-state index in [0.717, 1.165) is 6.07 Å². The average molecular weight is 291 g/mol. The van der Waals surface area contributed by atoms with Crippen molar-refractivity contribution in [2.75, 3.05) is 6.61 Å².